The summed E-state index contributed by atoms with van der Waals surface area (Å²) in [5, 5.41) is 5.81. The average Bonchev–Trinajstić information content (AvgIpc) is 3.61. The molecule has 4 unspecified atom stereocenters. The number of ether oxygens (including phenoxy) is 2. The number of benzene rings is 2. The van der Waals surface area contributed by atoms with E-state index >= 15 is 0 Å². The predicted octanol–water partition coefficient (Wildman–Crippen LogP) is 6.11. The van der Waals surface area contributed by atoms with Crippen molar-refractivity contribution < 1.29 is 23.9 Å². The lowest BCUT2D eigenvalue weighted by Crippen LogP contribution is -2.53. The topological polar surface area (TPSA) is 97.0 Å². The SMILES string of the molecule is CCc1ccc(C(C(=O)Nc2ccc(OC)cc2)N(C(=O)C(CC(C)C)NC(=O)OC(C)(C)C)C2CC2C)cc1. The van der Waals surface area contributed by atoms with Gasteiger partial charge < -0.3 is 25.0 Å². The van der Waals surface area contributed by atoms with E-state index < -0.39 is 23.8 Å². The van der Waals surface area contributed by atoms with E-state index in [1.165, 1.54) is 0 Å². The van der Waals surface area contributed by atoms with E-state index in [4.69, 9.17) is 9.47 Å². The van der Waals surface area contributed by atoms with Crippen LogP contribution in [0.1, 0.15) is 78.5 Å². The molecule has 0 heterocycles. The first-order chi connectivity index (χ1) is 18.8. The molecule has 1 fully saturated rings. The van der Waals surface area contributed by atoms with Gasteiger partial charge in [-0.25, -0.2) is 4.79 Å². The van der Waals surface area contributed by atoms with Crippen LogP contribution in [0.4, 0.5) is 10.5 Å². The highest BCUT2D eigenvalue weighted by Gasteiger charge is 2.48. The number of hydrogen-bond donors (Lipinski definition) is 2. The molecule has 0 aliphatic heterocycles. The maximum Gasteiger partial charge on any atom is 0.408 e. The van der Waals surface area contributed by atoms with Gasteiger partial charge in [0.1, 0.15) is 23.4 Å². The van der Waals surface area contributed by atoms with E-state index in [9.17, 15) is 14.4 Å². The molecule has 8 heteroatoms. The van der Waals surface area contributed by atoms with Crippen molar-refractivity contribution in [2.75, 3.05) is 12.4 Å². The summed E-state index contributed by atoms with van der Waals surface area (Å²) in [5.74, 6) is 0.429. The third-order valence-electron chi connectivity index (χ3n) is 6.96. The fourth-order valence-corrected chi connectivity index (χ4v) is 4.75. The molecule has 1 aliphatic carbocycles. The van der Waals surface area contributed by atoms with Crippen LogP contribution in [0.2, 0.25) is 0 Å². The fourth-order valence-electron chi connectivity index (χ4n) is 4.75. The number of carbonyl (C=O) groups excluding carboxylic acids is 3. The van der Waals surface area contributed by atoms with Gasteiger partial charge in [-0.2, -0.15) is 0 Å². The Morgan fingerprint density at radius 1 is 1.02 bits per heavy atom. The van der Waals surface area contributed by atoms with Crippen molar-refractivity contribution in [3.05, 3.63) is 59.7 Å². The number of hydrogen-bond acceptors (Lipinski definition) is 5. The minimum absolute atomic E-state index is 0.123. The summed E-state index contributed by atoms with van der Waals surface area (Å²) >= 11 is 0. The highest BCUT2D eigenvalue weighted by Crippen LogP contribution is 2.41. The molecule has 2 aromatic rings. The van der Waals surface area contributed by atoms with Crippen LogP contribution < -0.4 is 15.4 Å². The molecule has 40 heavy (non-hydrogen) atoms. The molecule has 2 aromatic carbocycles. The molecule has 1 saturated carbocycles. The van der Waals surface area contributed by atoms with E-state index in [0.717, 1.165) is 24.0 Å². The van der Waals surface area contributed by atoms with Crippen LogP contribution in [0, 0.1) is 11.8 Å². The van der Waals surface area contributed by atoms with Crippen LogP contribution in [0.5, 0.6) is 5.75 Å². The summed E-state index contributed by atoms with van der Waals surface area (Å²) in [4.78, 5) is 42.8. The molecule has 1 aliphatic rings. The van der Waals surface area contributed by atoms with Crippen LogP contribution in [0.25, 0.3) is 0 Å². The third kappa shape index (κ3) is 8.47. The van der Waals surface area contributed by atoms with Gasteiger partial charge in [0.05, 0.1) is 7.11 Å². The Hall–Kier alpha value is -3.55. The molecule has 3 rings (SSSR count). The molecular formula is C32H45N3O5. The second kappa shape index (κ2) is 13.2. The van der Waals surface area contributed by atoms with Crippen LogP contribution in [-0.2, 0) is 20.7 Å². The molecular weight excluding hydrogens is 506 g/mol. The van der Waals surface area contributed by atoms with Crippen molar-refractivity contribution in [3.8, 4) is 5.75 Å². The van der Waals surface area contributed by atoms with Gasteiger partial charge in [0, 0.05) is 11.7 Å². The number of nitrogens with one attached hydrogen (secondary N) is 2. The van der Waals surface area contributed by atoms with Crippen molar-refractivity contribution in [1.29, 1.82) is 0 Å². The number of carbonyl (C=O) groups is 3. The van der Waals surface area contributed by atoms with Crippen molar-refractivity contribution in [1.82, 2.24) is 10.2 Å². The second-order valence-electron chi connectivity index (χ2n) is 12.1. The van der Waals surface area contributed by atoms with Gasteiger partial charge in [0.2, 0.25) is 5.91 Å². The van der Waals surface area contributed by atoms with Crippen LogP contribution >= 0.6 is 0 Å². The van der Waals surface area contributed by atoms with E-state index in [-0.39, 0.29) is 29.7 Å². The summed E-state index contributed by atoms with van der Waals surface area (Å²) in [6.07, 6.45) is 1.41. The Kier molecular flexibility index (Phi) is 10.2. The molecule has 0 spiro atoms. The van der Waals surface area contributed by atoms with Gasteiger partial charge in [-0.1, -0.05) is 52.0 Å². The molecule has 3 amide bonds. The molecule has 0 bridgehead atoms. The number of nitrogens with zero attached hydrogens (tertiary/aromatic N) is 1. The van der Waals surface area contributed by atoms with Crippen molar-refractivity contribution >= 4 is 23.6 Å². The first kappa shape index (κ1) is 31.0. The summed E-state index contributed by atoms with van der Waals surface area (Å²) < 4.78 is 10.7. The second-order valence-corrected chi connectivity index (χ2v) is 12.1. The quantitative estimate of drug-likeness (QED) is 0.351. The van der Waals surface area contributed by atoms with Gasteiger partial charge >= 0.3 is 6.09 Å². The molecule has 4 atom stereocenters. The van der Waals surface area contributed by atoms with Gasteiger partial charge in [0.25, 0.3) is 5.91 Å². The zero-order valence-electron chi connectivity index (χ0n) is 25.1. The van der Waals surface area contributed by atoms with Gasteiger partial charge in [0.15, 0.2) is 0 Å². The summed E-state index contributed by atoms with van der Waals surface area (Å²) in [5.41, 5.74) is 1.75. The number of anilines is 1. The van der Waals surface area contributed by atoms with E-state index in [0.29, 0.717) is 17.9 Å². The summed E-state index contributed by atoms with van der Waals surface area (Å²) in [6, 6.07) is 13.1. The molecule has 218 valence electrons. The van der Waals surface area contributed by atoms with Crippen LogP contribution in [0.3, 0.4) is 0 Å². The standard InChI is InChI=1S/C32H45N3O5/c1-9-22-10-12-23(13-11-22)28(29(36)33-24-14-16-25(39-8)17-15-24)35(27-19-21(27)4)30(37)26(18-20(2)3)34-31(38)40-32(5,6)7/h10-17,20-21,26-28H,9,18-19H2,1-8H3,(H,33,36)(H,34,38). The Bertz CT molecular complexity index is 1150. The lowest BCUT2D eigenvalue weighted by Gasteiger charge is -2.35. The van der Waals surface area contributed by atoms with E-state index in [2.05, 4.69) is 24.5 Å². The van der Waals surface area contributed by atoms with Crippen LogP contribution in [0.15, 0.2) is 48.5 Å². The zero-order chi connectivity index (χ0) is 29.6. The smallest absolute Gasteiger partial charge is 0.408 e. The number of methoxy groups -OCH3 is 1. The van der Waals surface area contributed by atoms with Crippen LogP contribution in [-0.4, -0.2) is 47.6 Å². The lowest BCUT2D eigenvalue weighted by molar-refractivity contribution is -0.142. The predicted molar refractivity (Wildman–Crippen MR) is 157 cm³/mol. The van der Waals surface area contributed by atoms with E-state index in [1.807, 2.05) is 38.1 Å². The van der Waals surface area contributed by atoms with Crippen molar-refractivity contribution in [2.24, 2.45) is 11.8 Å². The summed E-state index contributed by atoms with van der Waals surface area (Å²) in [7, 11) is 1.59. The highest BCUT2D eigenvalue weighted by molar-refractivity contribution is 5.99. The van der Waals surface area contributed by atoms with Crippen molar-refractivity contribution in [3.63, 3.8) is 0 Å². The maximum absolute atomic E-state index is 14.3. The Morgan fingerprint density at radius 2 is 1.62 bits per heavy atom. The molecule has 0 saturated heterocycles. The first-order valence-corrected chi connectivity index (χ1v) is 14.2. The van der Waals surface area contributed by atoms with Crippen molar-refractivity contribution in [2.45, 2.75) is 91.5 Å². The summed E-state index contributed by atoms with van der Waals surface area (Å²) in [6.45, 7) is 13.5. The first-order valence-electron chi connectivity index (χ1n) is 14.2. The minimum Gasteiger partial charge on any atom is -0.497 e. The Labute approximate surface area is 238 Å². The average molecular weight is 552 g/mol. The lowest BCUT2D eigenvalue weighted by atomic mass is 9.97. The molecule has 0 aromatic heterocycles. The zero-order valence-corrected chi connectivity index (χ0v) is 25.1. The minimum atomic E-state index is -0.884. The number of alkyl carbamates (subject to hydrolysis) is 1. The van der Waals surface area contributed by atoms with Gasteiger partial charge in [-0.15, -0.1) is 0 Å². The Morgan fingerprint density at radius 3 is 2.10 bits per heavy atom. The molecule has 0 radical (unpaired) electrons. The largest absolute Gasteiger partial charge is 0.497 e. The van der Waals surface area contributed by atoms with Gasteiger partial charge in [-0.3, -0.25) is 9.59 Å². The third-order valence-corrected chi connectivity index (χ3v) is 6.96. The monoisotopic (exact) mass is 551 g/mol. The van der Waals surface area contributed by atoms with Gasteiger partial charge in [-0.05, 0) is 87.3 Å². The number of rotatable bonds is 11. The fraction of sp³-hybridized carbons (Fsp3) is 0.531. The normalized spacial score (nSPS) is 17.9. The van der Waals surface area contributed by atoms with E-state index in [1.54, 1.807) is 57.0 Å². The molecule has 8 nitrogen and oxygen atoms in total. The molecule has 2 N–H and O–H groups in total. The number of aryl methyl sites for hydroxylation is 1. The maximum atomic E-state index is 14.3. The Balaban J connectivity index is 2.01. The highest BCUT2D eigenvalue weighted by atomic mass is 16.6. The number of amides is 3.